The van der Waals surface area contributed by atoms with Gasteiger partial charge in [0, 0.05) is 42.4 Å². The fraction of sp³-hybridized carbons (Fsp3) is 0. The minimum Gasteiger partial charge on any atom is -0.208 e. The number of hydrogen-bond acceptors (Lipinski definition) is 4. The van der Waals surface area contributed by atoms with E-state index in [0.717, 1.165) is 32.8 Å². The highest BCUT2D eigenvalue weighted by atomic mass is 32.1. The third-order valence-corrected chi connectivity index (χ3v) is 11.2. The quantitative estimate of drug-likeness (QED) is 0.174. The average molecular weight is 694 g/mol. The molecule has 0 saturated carbocycles. The molecule has 0 spiro atoms. The van der Waals surface area contributed by atoms with Crippen LogP contribution in [0.15, 0.2) is 188 Å². The normalized spacial score (nSPS) is 11.4. The van der Waals surface area contributed by atoms with Gasteiger partial charge >= 0.3 is 0 Å². The molecule has 10 rings (SSSR count). The van der Waals surface area contributed by atoms with Gasteiger partial charge in [0.25, 0.3) is 0 Å². The number of nitrogens with zero attached hydrogens (tertiary/aromatic N) is 3. The molecule has 0 atom stereocenters. The van der Waals surface area contributed by atoms with Crippen molar-refractivity contribution in [1.82, 2.24) is 15.0 Å². The second-order valence-corrected chi connectivity index (χ2v) is 14.2. The summed E-state index contributed by atoms with van der Waals surface area (Å²) in [4.78, 5) is 15.7. The molecular weight excluding hydrogens is 663 g/mol. The minimum atomic E-state index is 0.647. The van der Waals surface area contributed by atoms with Crippen LogP contribution in [0.1, 0.15) is 0 Å². The summed E-state index contributed by atoms with van der Waals surface area (Å²) >= 11 is 1.85. The van der Waals surface area contributed by atoms with Gasteiger partial charge in [0.05, 0.1) is 0 Å². The Kier molecular flexibility index (Phi) is 7.67. The van der Waals surface area contributed by atoms with Crippen molar-refractivity contribution in [2.75, 3.05) is 0 Å². The van der Waals surface area contributed by atoms with Crippen LogP contribution in [0.3, 0.4) is 0 Å². The van der Waals surface area contributed by atoms with Gasteiger partial charge in [-0.25, -0.2) is 15.0 Å². The smallest absolute Gasteiger partial charge is 0.164 e. The van der Waals surface area contributed by atoms with Gasteiger partial charge in [0.1, 0.15) is 0 Å². The lowest BCUT2D eigenvalue weighted by Gasteiger charge is -2.13. The van der Waals surface area contributed by atoms with E-state index in [9.17, 15) is 0 Å². The van der Waals surface area contributed by atoms with E-state index in [1.807, 2.05) is 29.5 Å². The molecule has 0 saturated heterocycles. The number of aromatic nitrogens is 3. The van der Waals surface area contributed by atoms with Crippen LogP contribution >= 0.6 is 11.3 Å². The van der Waals surface area contributed by atoms with Crippen LogP contribution < -0.4 is 0 Å². The van der Waals surface area contributed by atoms with Gasteiger partial charge in [-0.2, -0.15) is 0 Å². The number of hydrogen-bond donors (Lipinski definition) is 0. The van der Waals surface area contributed by atoms with Crippen LogP contribution in [0.2, 0.25) is 0 Å². The molecular formula is C49H31N3S. The van der Waals surface area contributed by atoms with Gasteiger partial charge < -0.3 is 0 Å². The number of fused-ring (bicyclic) bond motifs is 4. The second-order valence-electron chi connectivity index (χ2n) is 13.2. The Balaban J connectivity index is 1.32. The van der Waals surface area contributed by atoms with Gasteiger partial charge in [-0.15, -0.1) is 11.3 Å². The molecule has 0 amide bonds. The second kappa shape index (κ2) is 13.1. The largest absolute Gasteiger partial charge is 0.208 e. The monoisotopic (exact) mass is 693 g/mol. The van der Waals surface area contributed by atoms with E-state index >= 15 is 0 Å². The Hall–Kier alpha value is -6.75. The van der Waals surface area contributed by atoms with Crippen LogP contribution in [0.25, 0.3) is 98.5 Å². The van der Waals surface area contributed by atoms with Crippen molar-refractivity contribution in [3.63, 3.8) is 0 Å². The molecule has 4 heteroatoms. The molecule has 2 heterocycles. The summed E-state index contributed by atoms with van der Waals surface area (Å²) < 4.78 is 2.45. The zero-order chi connectivity index (χ0) is 35.1. The molecule has 0 aliphatic rings. The fourth-order valence-corrected chi connectivity index (χ4v) is 8.78. The highest BCUT2D eigenvalue weighted by molar-refractivity contribution is 7.27. The first-order chi connectivity index (χ1) is 26.3. The minimum absolute atomic E-state index is 0.647. The Morgan fingerprint density at radius 3 is 1.53 bits per heavy atom. The summed E-state index contributed by atoms with van der Waals surface area (Å²) in [6.45, 7) is 0. The van der Waals surface area contributed by atoms with Crippen LogP contribution in [0.5, 0.6) is 0 Å². The number of rotatable bonds is 6. The maximum Gasteiger partial charge on any atom is 0.164 e. The summed E-state index contributed by atoms with van der Waals surface area (Å²) in [7, 11) is 0. The van der Waals surface area contributed by atoms with Crippen molar-refractivity contribution in [3.05, 3.63) is 188 Å². The average Bonchev–Trinajstić information content (AvgIpc) is 3.64. The Morgan fingerprint density at radius 2 is 0.830 bits per heavy atom. The Bertz CT molecular complexity index is 2920. The number of benzene rings is 8. The number of thiophene rings is 1. The summed E-state index contributed by atoms with van der Waals surface area (Å²) in [6.07, 6.45) is 0. The first kappa shape index (κ1) is 31.0. The third-order valence-electron chi connectivity index (χ3n) is 9.94. The van der Waals surface area contributed by atoms with E-state index < -0.39 is 0 Å². The van der Waals surface area contributed by atoms with Crippen molar-refractivity contribution in [3.8, 4) is 67.5 Å². The van der Waals surface area contributed by atoms with Crippen LogP contribution in [0, 0.1) is 0 Å². The first-order valence-corrected chi connectivity index (χ1v) is 18.6. The van der Waals surface area contributed by atoms with Gasteiger partial charge in [-0.05, 0) is 56.8 Å². The summed E-state index contributed by atoms with van der Waals surface area (Å²) in [6, 6.07) is 66.2. The van der Waals surface area contributed by atoms with Crippen molar-refractivity contribution in [2.24, 2.45) is 0 Å². The molecule has 0 radical (unpaired) electrons. The molecule has 10 aromatic rings. The van der Waals surface area contributed by atoms with Crippen LogP contribution in [-0.2, 0) is 0 Å². The molecule has 0 fully saturated rings. The van der Waals surface area contributed by atoms with E-state index in [0.29, 0.717) is 17.5 Å². The lowest BCUT2D eigenvalue weighted by molar-refractivity contribution is 1.08. The van der Waals surface area contributed by atoms with E-state index in [1.54, 1.807) is 0 Å². The van der Waals surface area contributed by atoms with Crippen LogP contribution in [0.4, 0.5) is 0 Å². The molecule has 0 unspecified atom stereocenters. The molecule has 0 N–H and O–H groups in total. The molecule has 248 valence electrons. The van der Waals surface area contributed by atoms with Crippen molar-refractivity contribution >= 4 is 42.3 Å². The predicted octanol–water partition coefficient (Wildman–Crippen LogP) is 13.4. The predicted molar refractivity (Wildman–Crippen MR) is 223 cm³/mol. The van der Waals surface area contributed by atoms with E-state index in [2.05, 4.69) is 170 Å². The van der Waals surface area contributed by atoms with Gasteiger partial charge in [0.2, 0.25) is 0 Å². The van der Waals surface area contributed by atoms with E-state index in [1.165, 1.54) is 48.2 Å². The lowest BCUT2D eigenvalue weighted by atomic mass is 9.93. The Morgan fingerprint density at radius 1 is 0.302 bits per heavy atom. The third kappa shape index (κ3) is 5.57. The van der Waals surface area contributed by atoms with E-state index in [4.69, 9.17) is 15.0 Å². The summed E-state index contributed by atoms with van der Waals surface area (Å²) in [5, 5.41) is 4.59. The highest BCUT2D eigenvalue weighted by Gasteiger charge is 2.22. The van der Waals surface area contributed by atoms with Crippen molar-refractivity contribution < 1.29 is 0 Å². The molecule has 0 aliphatic carbocycles. The molecule has 8 aromatic carbocycles. The highest BCUT2D eigenvalue weighted by Crippen LogP contribution is 2.49. The zero-order valence-corrected chi connectivity index (χ0v) is 29.5. The van der Waals surface area contributed by atoms with Gasteiger partial charge in [-0.3, -0.25) is 0 Å². The maximum atomic E-state index is 5.33. The zero-order valence-electron chi connectivity index (χ0n) is 28.6. The van der Waals surface area contributed by atoms with E-state index in [-0.39, 0.29) is 0 Å². The van der Waals surface area contributed by atoms with Gasteiger partial charge in [0.15, 0.2) is 17.5 Å². The van der Waals surface area contributed by atoms with Crippen LogP contribution in [-0.4, -0.2) is 15.0 Å². The molecule has 0 aliphatic heterocycles. The van der Waals surface area contributed by atoms with Crippen molar-refractivity contribution in [2.45, 2.75) is 0 Å². The molecule has 2 aromatic heterocycles. The standard InChI is InChI=1S/C49H31N3S/c1-5-16-32(17-6-1)37-30-42(35-20-9-3-10-21-35)45-43(31-37)44-41(29-28-39(46(44)53-45)34-18-7-2-8-19-34)49-51-47(36-23-11-4-12-24-36)50-48(52-49)40-27-15-25-33-22-13-14-26-38(33)40/h1-31H. The summed E-state index contributed by atoms with van der Waals surface area (Å²) in [5.74, 6) is 1.95. The molecule has 3 nitrogen and oxygen atoms in total. The maximum absolute atomic E-state index is 5.33. The fourth-order valence-electron chi connectivity index (χ4n) is 7.40. The topological polar surface area (TPSA) is 38.7 Å². The lowest BCUT2D eigenvalue weighted by Crippen LogP contribution is -2.01. The van der Waals surface area contributed by atoms with Gasteiger partial charge in [-0.1, -0.05) is 170 Å². The molecule has 53 heavy (non-hydrogen) atoms. The SMILES string of the molecule is c1ccc(-c2cc(-c3ccccc3)c3sc4c(-c5ccccc5)ccc(-c5nc(-c6ccccc6)nc(-c6cccc7ccccc67)n5)c4c3c2)cc1. The first-order valence-electron chi connectivity index (χ1n) is 17.8. The van der Waals surface area contributed by atoms with Crippen molar-refractivity contribution in [1.29, 1.82) is 0 Å². The Labute approximate surface area is 311 Å². The summed E-state index contributed by atoms with van der Waals surface area (Å²) in [5.41, 5.74) is 10.0. The molecule has 0 bridgehead atoms.